The summed E-state index contributed by atoms with van der Waals surface area (Å²) >= 11 is 0. The van der Waals surface area contributed by atoms with Crippen LogP contribution in [0.15, 0.2) is 0 Å². The number of hydrogen-bond donors (Lipinski definition) is 2. The number of hydrogen-bond acceptors (Lipinski definition) is 3. The van der Waals surface area contributed by atoms with E-state index in [1.165, 1.54) is 12.8 Å². The fourth-order valence-corrected chi connectivity index (χ4v) is 3.01. The maximum absolute atomic E-state index is 12.1. The van der Waals surface area contributed by atoms with E-state index in [-0.39, 0.29) is 17.9 Å². The first-order valence-corrected chi connectivity index (χ1v) is 6.71. The van der Waals surface area contributed by atoms with Gasteiger partial charge in [-0.3, -0.25) is 4.79 Å². The molecule has 1 saturated heterocycles. The molecule has 0 radical (unpaired) electrons. The zero-order chi connectivity index (χ0) is 12.4. The van der Waals surface area contributed by atoms with Crippen LogP contribution in [-0.2, 0) is 9.53 Å². The first kappa shape index (κ1) is 12.8. The number of rotatable bonds is 2. The van der Waals surface area contributed by atoms with Gasteiger partial charge in [0.15, 0.2) is 0 Å². The molecule has 0 bridgehead atoms. The Balaban J connectivity index is 1.86. The number of carbonyl (C=O) groups excluding carboxylic acids is 1. The van der Waals surface area contributed by atoms with Gasteiger partial charge in [0, 0.05) is 12.1 Å². The van der Waals surface area contributed by atoms with Gasteiger partial charge in [-0.1, -0.05) is 13.8 Å². The highest BCUT2D eigenvalue weighted by molar-refractivity contribution is 5.80. The summed E-state index contributed by atoms with van der Waals surface area (Å²) in [6.45, 7) is 5.50. The van der Waals surface area contributed by atoms with Gasteiger partial charge >= 0.3 is 0 Å². The van der Waals surface area contributed by atoms with Crippen molar-refractivity contribution in [2.24, 2.45) is 23.5 Å². The molecule has 0 aromatic carbocycles. The molecule has 98 valence electrons. The van der Waals surface area contributed by atoms with Crippen molar-refractivity contribution in [1.29, 1.82) is 0 Å². The molecule has 0 spiro atoms. The molecule has 0 aromatic heterocycles. The van der Waals surface area contributed by atoms with Crippen LogP contribution in [0.5, 0.6) is 0 Å². The van der Waals surface area contributed by atoms with Crippen molar-refractivity contribution < 1.29 is 9.53 Å². The average Bonchev–Trinajstić information content (AvgIpc) is 2.68. The van der Waals surface area contributed by atoms with Crippen LogP contribution in [0.3, 0.4) is 0 Å². The highest BCUT2D eigenvalue weighted by Gasteiger charge is 2.34. The Morgan fingerprint density at radius 2 is 2.06 bits per heavy atom. The molecule has 1 aliphatic carbocycles. The zero-order valence-corrected chi connectivity index (χ0v) is 10.8. The Morgan fingerprint density at radius 3 is 2.65 bits per heavy atom. The van der Waals surface area contributed by atoms with Crippen molar-refractivity contribution in [2.45, 2.75) is 45.2 Å². The Hall–Kier alpha value is -0.610. The molecule has 4 heteroatoms. The second-order valence-electron chi connectivity index (χ2n) is 5.82. The van der Waals surface area contributed by atoms with Gasteiger partial charge in [0.1, 0.15) is 0 Å². The summed E-state index contributed by atoms with van der Waals surface area (Å²) in [6.07, 6.45) is 3.51. The monoisotopic (exact) mass is 240 g/mol. The summed E-state index contributed by atoms with van der Waals surface area (Å²) in [4.78, 5) is 12.1. The third-order valence-electron chi connectivity index (χ3n) is 4.22. The van der Waals surface area contributed by atoms with E-state index in [4.69, 9.17) is 10.5 Å². The molecule has 2 rings (SSSR count). The van der Waals surface area contributed by atoms with Gasteiger partial charge < -0.3 is 15.8 Å². The van der Waals surface area contributed by atoms with Crippen LogP contribution in [0.2, 0.25) is 0 Å². The predicted octanol–water partition coefficient (Wildman–Crippen LogP) is 0.901. The molecule has 0 aromatic rings. The van der Waals surface area contributed by atoms with Crippen molar-refractivity contribution >= 4 is 5.91 Å². The van der Waals surface area contributed by atoms with Crippen molar-refractivity contribution in [3.63, 3.8) is 0 Å². The molecular formula is C13H24N2O2. The van der Waals surface area contributed by atoms with E-state index in [1.54, 1.807) is 0 Å². The summed E-state index contributed by atoms with van der Waals surface area (Å²) in [7, 11) is 0. The summed E-state index contributed by atoms with van der Waals surface area (Å²) in [5, 5.41) is 3.16. The standard InChI is InChI=1S/C13H24N2O2/c1-8-3-4-12(9(2)5-8)15-13(16)10-6-17-7-11(10)14/h8-12H,3-7,14H2,1-2H3,(H,15,16). The van der Waals surface area contributed by atoms with E-state index in [9.17, 15) is 4.79 Å². The third kappa shape index (κ3) is 2.99. The minimum absolute atomic E-state index is 0.0846. The minimum atomic E-state index is -0.151. The number of ether oxygens (including phenoxy) is 1. The summed E-state index contributed by atoms with van der Waals surface area (Å²) in [5.41, 5.74) is 5.86. The van der Waals surface area contributed by atoms with E-state index in [2.05, 4.69) is 19.2 Å². The van der Waals surface area contributed by atoms with Gasteiger partial charge in [-0.2, -0.15) is 0 Å². The normalized spacial score (nSPS) is 42.4. The van der Waals surface area contributed by atoms with E-state index < -0.39 is 0 Å². The Morgan fingerprint density at radius 1 is 1.29 bits per heavy atom. The Labute approximate surface area is 103 Å². The van der Waals surface area contributed by atoms with Crippen molar-refractivity contribution in [2.75, 3.05) is 13.2 Å². The molecule has 3 N–H and O–H groups in total. The lowest BCUT2D eigenvalue weighted by atomic mass is 9.79. The van der Waals surface area contributed by atoms with Crippen LogP contribution >= 0.6 is 0 Å². The molecule has 1 saturated carbocycles. The Kier molecular flexibility index (Phi) is 4.05. The van der Waals surface area contributed by atoms with Crippen LogP contribution in [0.25, 0.3) is 0 Å². The first-order chi connectivity index (χ1) is 8.08. The fourth-order valence-electron chi connectivity index (χ4n) is 3.01. The van der Waals surface area contributed by atoms with E-state index >= 15 is 0 Å². The molecular weight excluding hydrogens is 216 g/mol. The maximum atomic E-state index is 12.1. The van der Waals surface area contributed by atoms with Crippen LogP contribution in [0, 0.1) is 17.8 Å². The van der Waals surface area contributed by atoms with Crippen molar-refractivity contribution in [1.82, 2.24) is 5.32 Å². The van der Waals surface area contributed by atoms with Crippen LogP contribution in [0.4, 0.5) is 0 Å². The van der Waals surface area contributed by atoms with E-state index in [1.807, 2.05) is 0 Å². The largest absolute Gasteiger partial charge is 0.379 e. The molecule has 1 heterocycles. The van der Waals surface area contributed by atoms with Gasteiger partial charge in [0.2, 0.25) is 5.91 Å². The molecule has 2 aliphatic rings. The van der Waals surface area contributed by atoms with Crippen LogP contribution in [-0.4, -0.2) is 31.2 Å². The van der Waals surface area contributed by atoms with Gasteiger partial charge in [-0.25, -0.2) is 0 Å². The van der Waals surface area contributed by atoms with E-state index in [0.717, 1.165) is 12.3 Å². The second-order valence-corrected chi connectivity index (χ2v) is 5.82. The van der Waals surface area contributed by atoms with Gasteiger partial charge in [0.25, 0.3) is 0 Å². The van der Waals surface area contributed by atoms with Gasteiger partial charge in [-0.05, 0) is 31.1 Å². The Bertz CT molecular complexity index is 283. The number of nitrogens with one attached hydrogen (secondary N) is 1. The highest BCUT2D eigenvalue weighted by atomic mass is 16.5. The number of carbonyl (C=O) groups is 1. The topological polar surface area (TPSA) is 64.3 Å². The molecule has 1 amide bonds. The molecule has 1 aliphatic heterocycles. The molecule has 5 atom stereocenters. The van der Waals surface area contributed by atoms with Crippen LogP contribution in [0.1, 0.15) is 33.1 Å². The molecule has 17 heavy (non-hydrogen) atoms. The predicted molar refractivity (Wildman–Crippen MR) is 66.4 cm³/mol. The van der Waals surface area contributed by atoms with Crippen molar-refractivity contribution in [3.8, 4) is 0 Å². The number of amides is 1. The average molecular weight is 240 g/mol. The third-order valence-corrected chi connectivity index (χ3v) is 4.22. The molecule has 5 unspecified atom stereocenters. The summed E-state index contributed by atoms with van der Waals surface area (Å²) in [5.74, 6) is 1.29. The lowest BCUT2D eigenvalue weighted by Crippen LogP contribution is -2.48. The second kappa shape index (κ2) is 5.36. The SMILES string of the molecule is CC1CCC(NC(=O)C2COCC2N)C(C)C1. The summed E-state index contributed by atoms with van der Waals surface area (Å²) in [6, 6.07) is 0.194. The number of nitrogens with two attached hydrogens (primary N) is 1. The zero-order valence-electron chi connectivity index (χ0n) is 10.8. The van der Waals surface area contributed by atoms with Gasteiger partial charge in [-0.15, -0.1) is 0 Å². The van der Waals surface area contributed by atoms with Crippen LogP contribution < -0.4 is 11.1 Å². The summed E-state index contributed by atoms with van der Waals surface area (Å²) < 4.78 is 5.24. The quantitative estimate of drug-likeness (QED) is 0.754. The molecule has 4 nitrogen and oxygen atoms in total. The maximum Gasteiger partial charge on any atom is 0.227 e. The smallest absolute Gasteiger partial charge is 0.227 e. The first-order valence-electron chi connectivity index (χ1n) is 6.71. The minimum Gasteiger partial charge on any atom is -0.379 e. The lowest BCUT2D eigenvalue weighted by Gasteiger charge is -2.34. The molecule has 2 fully saturated rings. The van der Waals surface area contributed by atoms with Crippen molar-refractivity contribution in [3.05, 3.63) is 0 Å². The van der Waals surface area contributed by atoms with E-state index in [0.29, 0.717) is 25.2 Å². The lowest BCUT2D eigenvalue weighted by molar-refractivity contribution is -0.126. The van der Waals surface area contributed by atoms with Gasteiger partial charge in [0.05, 0.1) is 19.1 Å². The highest BCUT2D eigenvalue weighted by Crippen LogP contribution is 2.29. The fraction of sp³-hybridized carbons (Fsp3) is 0.923.